The Balaban J connectivity index is 1.61. The molecule has 3 heterocycles. The summed E-state index contributed by atoms with van der Waals surface area (Å²) >= 11 is 0. The number of rotatable bonds is 5. The first-order chi connectivity index (χ1) is 13.6. The Bertz CT molecular complexity index is 864. The minimum atomic E-state index is -0.299. The summed E-state index contributed by atoms with van der Waals surface area (Å²) in [7, 11) is 0. The Hall–Kier alpha value is -2.74. The van der Waals surface area contributed by atoms with Gasteiger partial charge in [-0.05, 0) is 30.7 Å². The number of aromatic nitrogens is 2. The number of anilines is 2. The van der Waals surface area contributed by atoms with Gasteiger partial charge in [0.25, 0.3) is 0 Å². The number of nitrogens with zero attached hydrogens (tertiary/aromatic N) is 4. The molecular weight excluding hydrogens is 361 g/mol. The van der Waals surface area contributed by atoms with E-state index in [1.165, 1.54) is 12.1 Å². The highest BCUT2D eigenvalue weighted by molar-refractivity contribution is 5.78. The maximum atomic E-state index is 13.9. The highest BCUT2D eigenvalue weighted by atomic mass is 19.1. The first-order valence-electron chi connectivity index (χ1n) is 9.53. The van der Waals surface area contributed by atoms with E-state index in [2.05, 4.69) is 14.9 Å². The van der Waals surface area contributed by atoms with E-state index in [0.29, 0.717) is 31.5 Å². The summed E-state index contributed by atoms with van der Waals surface area (Å²) in [5.74, 6) is 1.09. The number of fused-ring (bicyclic) bond motifs is 1. The molecule has 0 spiro atoms. The van der Waals surface area contributed by atoms with Gasteiger partial charge in [0.2, 0.25) is 11.9 Å². The highest BCUT2D eigenvalue weighted by Gasteiger charge is 2.49. The van der Waals surface area contributed by atoms with Gasteiger partial charge in [-0.3, -0.25) is 4.79 Å². The van der Waals surface area contributed by atoms with Crippen molar-refractivity contribution in [2.24, 2.45) is 11.8 Å². The lowest BCUT2D eigenvalue weighted by Crippen LogP contribution is -2.38. The van der Waals surface area contributed by atoms with E-state index in [4.69, 9.17) is 10.5 Å². The van der Waals surface area contributed by atoms with E-state index in [0.717, 1.165) is 12.1 Å². The van der Waals surface area contributed by atoms with Crippen LogP contribution in [0.5, 0.6) is 0 Å². The van der Waals surface area contributed by atoms with Crippen molar-refractivity contribution in [2.75, 3.05) is 43.5 Å². The second-order valence-electron chi connectivity index (χ2n) is 7.29. The number of ether oxygens (including phenoxy) is 1. The SMILES string of the molecule is CCOCC(=O)N1C[C@@H]2CN(c3nccc(N)n3)C[C@@H]2[C@@H]1c1cccc(F)c1. The minimum absolute atomic E-state index is 0.0454. The van der Waals surface area contributed by atoms with Crippen molar-refractivity contribution in [1.29, 1.82) is 0 Å². The molecule has 4 rings (SSSR count). The summed E-state index contributed by atoms with van der Waals surface area (Å²) in [5, 5.41) is 0. The molecule has 3 atom stereocenters. The molecular formula is C20H24FN5O2. The fraction of sp³-hybridized carbons (Fsp3) is 0.450. The molecule has 148 valence electrons. The average Bonchev–Trinajstić information content (AvgIpc) is 3.24. The standard InChI is InChI=1S/C20H24FN5O2/c1-2-28-12-18(27)26-10-14-9-25(20-23-7-6-17(22)24-20)11-16(14)19(26)13-4-3-5-15(21)8-13/h3-8,14,16,19H,2,9-12H2,1H3,(H2,22,23,24)/t14-,16-,19-/m0/s1. The van der Waals surface area contributed by atoms with Crippen LogP contribution in [0.15, 0.2) is 36.5 Å². The predicted molar refractivity (Wildman–Crippen MR) is 103 cm³/mol. The molecule has 1 aromatic heterocycles. The number of nitrogen functional groups attached to an aromatic ring is 1. The first kappa shape index (κ1) is 18.6. The third-order valence-corrected chi connectivity index (χ3v) is 5.55. The number of hydrogen-bond donors (Lipinski definition) is 1. The molecule has 0 unspecified atom stereocenters. The number of carbonyl (C=O) groups is 1. The normalized spacial score (nSPS) is 23.9. The van der Waals surface area contributed by atoms with Crippen LogP contribution in [0.2, 0.25) is 0 Å². The second kappa shape index (κ2) is 7.71. The molecule has 0 bridgehead atoms. The smallest absolute Gasteiger partial charge is 0.249 e. The molecule has 2 aliphatic heterocycles. The van der Waals surface area contributed by atoms with Crippen LogP contribution in [0.25, 0.3) is 0 Å². The fourth-order valence-electron chi connectivity index (χ4n) is 4.37. The Morgan fingerprint density at radius 3 is 2.93 bits per heavy atom. The van der Waals surface area contributed by atoms with E-state index in [1.54, 1.807) is 18.3 Å². The molecule has 0 saturated carbocycles. The third-order valence-electron chi connectivity index (χ3n) is 5.55. The predicted octanol–water partition coefficient (Wildman–Crippen LogP) is 1.87. The average molecular weight is 385 g/mol. The maximum absolute atomic E-state index is 13.9. The van der Waals surface area contributed by atoms with Gasteiger partial charge >= 0.3 is 0 Å². The van der Waals surface area contributed by atoms with E-state index in [-0.39, 0.29) is 36.2 Å². The van der Waals surface area contributed by atoms with Gasteiger partial charge in [-0.2, -0.15) is 4.98 Å². The van der Waals surface area contributed by atoms with Crippen molar-refractivity contribution < 1.29 is 13.9 Å². The highest BCUT2D eigenvalue weighted by Crippen LogP contribution is 2.45. The molecule has 8 heteroatoms. The molecule has 7 nitrogen and oxygen atoms in total. The Morgan fingerprint density at radius 2 is 2.18 bits per heavy atom. The van der Waals surface area contributed by atoms with Crippen LogP contribution in [-0.4, -0.2) is 53.6 Å². The van der Waals surface area contributed by atoms with Crippen LogP contribution in [-0.2, 0) is 9.53 Å². The van der Waals surface area contributed by atoms with Gasteiger partial charge in [0.15, 0.2) is 0 Å². The van der Waals surface area contributed by atoms with Crippen LogP contribution >= 0.6 is 0 Å². The van der Waals surface area contributed by atoms with Crippen molar-refractivity contribution in [2.45, 2.75) is 13.0 Å². The Kier molecular flexibility index (Phi) is 5.13. The van der Waals surface area contributed by atoms with Crippen LogP contribution in [0.1, 0.15) is 18.5 Å². The summed E-state index contributed by atoms with van der Waals surface area (Å²) in [4.78, 5) is 25.3. The maximum Gasteiger partial charge on any atom is 0.249 e. The zero-order chi connectivity index (χ0) is 19.7. The van der Waals surface area contributed by atoms with Gasteiger partial charge in [-0.15, -0.1) is 0 Å². The number of amides is 1. The molecule has 28 heavy (non-hydrogen) atoms. The minimum Gasteiger partial charge on any atom is -0.384 e. The molecule has 2 aliphatic rings. The lowest BCUT2D eigenvalue weighted by Gasteiger charge is -2.30. The molecule has 2 fully saturated rings. The molecule has 0 radical (unpaired) electrons. The van der Waals surface area contributed by atoms with E-state index < -0.39 is 0 Å². The second-order valence-corrected chi connectivity index (χ2v) is 7.29. The number of likely N-dealkylation sites (tertiary alicyclic amines) is 1. The van der Waals surface area contributed by atoms with Gasteiger partial charge in [0.1, 0.15) is 18.2 Å². The summed E-state index contributed by atoms with van der Waals surface area (Å²) in [6.07, 6.45) is 1.65. The fourth-order valence-corrected chi connectivity index (χ4v) is 4.37. The number of carbonyl (C=O) groups excluding carboxylic acids is 1. The van der Waals surface area contributed by atoms with Crippen molar-refractivity contribution in [3.8, 4) is 0 Å². The Labute approximate surface area is 163 Å². The monoisotopic (exact) mass is 385 g/mol. The molecule has 2 saturated heterocycles. The zero-order valence-corrected chi connectivity index (χ0v) is 15.8. The van der Waals surface area contributed by atoms with Crippen molar-refractivity contribution in [1.82, 2.24) is 14.9 Å². The number of halogens is 1. The number of hydrogen-bond acceptors (Lipinski definition) is 6. The zero-order valence-electron chi connectivity index (χ0n) is 15.8. The van der Waals surface area contributed by atoms with Gasteiger partial charge in [0, 0.05) is 44.3 Å². The van der Waals surface area contributed by atoms with Gasteiger partial charge in [-0.25, -0.2) is 9.37 Å². The van der Waals surface area contributed by atoms with Crippen molar-refractivity contribution in [3.05, 3.63) is 47.9 Å². The molecule has 2 aromatic rings. The van der Waals surface area contributed by atoms with Crippen LogP contribution in [0, 0.1) is 17.7 Å². The molecule has 2 N–H and O–H groups in total. The first-order valence-corrected chi connectivity index (χ1v) is 9.53. The number of benzene rings is 1. The third kappa shape index (κ3) is 3.52. The quantitative estimate of drug-likeness (QED) is 0.846. The van der Waals surface area contributed by atoms with Gasteiger partial charge < -0.3 is 20.3 Å². The topological polar surface area (TPSA) is 84.6 Å². The van der Waals surface area contributed by atoms with E-state index >= 15 is 0 Å². The lowest BCUT2D eigenvalue weighted by atomic mass is 9.89. The molecule has 1 amide bonds. The summed E-state index contributed by atoms with van der Waals surface area (Å²) in [5.41, 5.74) is 6.61. The van der Waals surface area contributed by atoms with Crippen LogP contribution in [0.4, 0.5) is 16.2 Å². The van der Waals surface area contributed by atoms with Gasteiger partial charge in [0.05, 0.1) is 6.04 Å². The van der Waals surface area contributed by atoms with Gasteiger partial charge in [-0.1, -0.05) is 12.1 Å². The number of nitrogens with two attached hydrogens (primary N) is 1. The lowest BCUT2D eigenvalue weighted by molar-refractivity contribution is -0.137. The van der Waals surface area contributed by atoms with E-state index in [1.807, 2.05) is 17.9 Å². The van der Waals surface area contributed by atoms with Crippen molar-refractivity contribution >= 4 is 17.7 Å². The summed E-state index contributed by atoms with van der Waals surface area (Å²) < 4.78 is 19.2. The van der Waals surface area contributed by atoms with Crippen molar-refractivity contribution in [3.63, 3.8) is 0 Å². The molecule has 1 aromatic carbocycles. The van der Waals surface area contributed by atoms with Crippen LogP contribution < -0.4 is 10.6 Å². The summed E-state index contributed by atoms with van der Waals surface area (Å²) in [6, 6.07) is 7.98. The van der Waals surface area contributed by atoms with Crippen LogP contribution in [0.3, 0.4) is 0 Å². The Morgan fingerprint density at radius 1 is 1.32 bits per heavy atom. The van der Waals surface area contributed by atoms with E-state index in [9.17, 15) is 9.18 Å². The largest absolute Gasteiger partial charge is 0.384 e. The summed E-state index contributed by atoms with van der Waals surface area (Å²) in [6.45, 7) is 4.42. The molecule has 0 aliphatic carbocycles.